The highest BCUT2D eigenvalue weighted by molar-refractivity contribution is 5.96. The van der Waals surface area contributed by atoms with E-state index in [1.807, 2.05) is 20.2 Å². The zero-order chi connectivity index (χ0) is 13.5. The first-order chi connectivity index (χ1) is 9.12. The maximum Gasteiger partial charge on any atom is 0.246 e. The molecule has 1 aromatic carbocycles. The van der Waals surface area contributed by atoms with Crippen LogP contribution in [0.15, 0.2) is 30.3 Å². The number of likely N-dealkylation sites (N-methyl/N-ethyl adjacent to an activating group) is 1. The summed E-state index contributed by atoms with van der Waals surface area (Å²) in [5, 5.41) is 0. The van der Waals surface area contributed by atoms with Crippen LogP contribution in [0.4, 0.5) is 0 Å². The molecule has 0 bridgehead atoms. The lowest BCUT2D eigenvalue weighted by atomic mass is 9.80. The van der Waals surface area contributed by atoms with Crippen molar-refractivity contribution >= 4 is 11.5 Å². The second-order valence-corrected chi connectivity index (χ2v) is 6.11. The van der Waals surface area contributed by atoms with Gasteiger partial charge in [0.05, 0.1) is 0 Å². The Hall–Kier alpha value is -1.57. The van der Waals surface area contributed by atoms with Gasteiger partial charge in [-0.1, -0.05) is 37.1 Å². The fourth-order valence-electron chi connectivity index (χ4n) is 3.69. The number of carbonyl (C=O) groups excluding carboxylic acids is 1. The van der Waals surface area contributed by atoms with Crippen molar-refractivity contribution in [3.8, 4) is 0 Å². The van der Waals surface area contributed by atoms with E-state index in [1.165, 1.54) is 42.4 Å². The van der Waals surface area contributed by atoms with Crippen LogP contribution in [0.3, 0.4) is 0 Å². The summed E-state index contributed by atoms with van der Waals surface area (Å²) in [4.78, 5) is 13.6. The van der Waals surface area contributed by atoms with E-state index in [2.05, 4.69) is 24.3 Å². The molecule has 1 fully saturated rings. The van der Waals surface area contributed by atoms with Crippen LogP contribution in [0.25, 0.3) is 5.57 Å². The number of benzene rings is 1. The minimum Gasteiger partial charge on any atom is -0.345 e. The quantitative estimate of drug-likeness (QED) is 0.705. The van der Waals surface area contributed by atoms with E-state index in [9.17, 15) is 4.79 Å². The molecule has 0 unspecified atom stereocenters. The van der Waals surface area contributed by atoms with Gasteiger partial charge in [-0.2, -0.15) is 0 Å². The summed E-state index contributed by atoms with van der Waals surface area (Å²) in [7, 11) is 3.62. The Morgan fingerprint density at radius 2 is 1.89 bits per heavy atom. The van der Waals surface area contributed by atoms with E-state index < -0.39 is 0 Å². The standard InChI is InChI=1S/C17H21NO/c1-18(2)16(19)11-13-12-17(9-5-6-10-17)15-8-4-3-7-14(13)15/h3-4,7-8,11H,5-6,9-10,12H2,1-2H3. The molecule has 1 amide bonds. The molecule has 1 aromatic rings. The summed E-state index contributed by atoms with van der Waals surface area (Å²) < 4.78 is 0. The van der Waals surface area contributed by atoms with Gasteiger partial charge in [0.25, 0.3) is 0 Å². The molecule has 0 aromatic heterocycles. The van der Waals surface area contributed by atoms with Gasteiger partial charge in [0.2, 0.25) is 5.91 Å². The van der Waals surface area contributed by atoms with Crippen LogP contribution in [-0.2, 0) is 10.2 Å². The molecular formula is C17H21NO. The van der Waals surface area contributed by atoms with Crippen molar-refractivity contribution in [3.05, 3.63) is 41.5 Å². The van der Waals surface area contributed by atoms with Gasteiger partial charge in [0, 0.05) is 20.2 Å². The average Bonchev–Trinajstić information content (AvgIpc) is 2.98. The molecule has 2 heteroatoms. The molecule has 2 aliphatic carbocycles. The van der Waals surface area contributed by atoms with Crippen LogP contribution in [0.1, 0.15) is 43.2 Å². The molecule has 0 radical (unpaired) electrons. The van der Waals surface area contributed by atoms with Gasteiger partial charge in [-0.05, 0) is 41.4 Å². The van der Waals surface area contributed by atoms with Crippen molar-refractivity contribution in [2.45, 2.75) is 37.5 Å². The Morgan fingerprint density at radius 1 is 1.21 bits per heavy atom. The first kappa shape index (κ1) is 12.5. The first-order valence-corrected chi connectivity index (χ1v) is 7.14. The number of allylic oxidation sites excluding steroid dienone is 1. The molecule has 100 valence electrons. The molecule has 3 rings (SSSR count). The van der Waals surface area contributed by atoms with E-state index in [-0.39, 0.29) is 5.91 Å². The van der Waals surface area contributed by atoms with Crippen LogP contribution in [-0.4, -0.2) is 24.9 Å². The highest BCUT2D eigenvalue weighted by Gasteiger charge is 2.42. The Balaban J connectivity index is 2.04. The second kappa shape index (κ2) is 4.52. The van der Waals surface area contributed by atoms with Gasteiger partial charge >= 0.3 is 0 Å². The molecule has 0 saturated heterocycles. The summed E-state index contributed by atoms with van der Waals surface area (Å²) >= 11 is 0. The van der Waals surface area contributed by atoms with Crippen molar-refractivity contribution in [2.24, 2.45) is 0 Å². The van der Waals surface area contributed by atoms with E-state index in [1.54, 1.807) is 4.90 Å². The zero-order valence-corrected chi connectivity index (χ0v) is 11.8. The highest BCUT2D eigenvalue weighted by atomic mass is 16.2. The SMILES string of the molecule is CN(C)C(=O)C=C1CC2(CCCC2)c2ccccc21. The van der Waals surface area contributed by atoms with E-state index >= 15 is 0 Å². The fourth-order valence-corrected chi connectivity index (χ4v) is 3.69. The maximum absolute atomic E-state index is 12.0. The molecule has 1 saturated carbocycles. The molecule has 0 atom stereocenters. The third-order valence-electron chi connectivity index (χ3n) is 4.67. The van der Waals surface area contributed by atoms with Gasteiger partial charge < -0.3 is 4.90 Å². The summed E-state index contributed by atoms with van der Waals surface area (Å²) in [6.07, 6.45) is 8.08. The molecule has 2 aliphatic rings. The Bertz CT molecular complexity index is 536. The van der Waals surface area contributed by atoms with Gasteiger partial charge in [-0.15, -0.1) is 0 Å². The summed E-state index contributed by atoms with van der Waals surface area (Å²) in [6, 6.07) is 8.66. The largest absolute Gasteiger partial charge is 0.345 e. The predicted molar refractivity (Wildman–Crippen MR) is 77.9 cm³/mol. The van der Waals surface area contributed by atoms with E-state index in [0.717, 1.165) is 6.42 Å². The zero-order valence-electron chi connectivity index (χ0n) is 11.8. The van der Waals surface area contributed by atoms with Crippen LogP contribution >= 0.6 is 0 Å². The van der Waals surface area contributed by atoms with Gasteiger partial charge in [0.1, 0.15) is 0 Å². The van der Waals surface area contributed by atoms with Crippen LogP contribution < -0.4 is 0 Å². The molecular weight excluding hydrogens is 234 g/mol. The molecule has 1 spiro atoms. The highest BCUT2D eigenvalue weighted by Crippen LogP contribution is 2.54. The van der Waals surface area contributed by atoms with E-state index in [4.69, 9.17) is 0 Å². The Kier molecular flexibility index (Phi) is 2.96. The van der Waals surface area contributed by atoms with Crippen molar-refractivity contribution in [2.75, 3.05) is 14.1 Å². The molecule has 0 heterocycles. The lowest BCUT2D eigenvalue weighted by Crippen LogP contribution is -2.20. The number of hydrogen-bond acceptors (Lipinski definition) is 1. The van der Waals surface area contributed by atoms with Crippen LogP contribution in [0.2, 0.25) is 0 Å². The smallest absolute Gasteiger partial charge is 0.246 e. The van der Waals surface area contributed by atoms with E-state index in [0.29, 0.717) is 5.41 Å². The lowest BCUT2D eigenvalue weighted by molar-refractivity contribution is -0.123. The lowest BCUT2D eigenvalue weighted by Gasteiger charge is -2.23. The second-order valence-electron chi connectivity index (χ2n) is 6.11. The van der Waals surface area contributed by atoms with Crippen LogP contribution in [0, 0.1) is 0 Å². The number of fused-ring (bicyclic) bond motifs is 2. The molecule has 0 N–H and O–H groups in total. The minimum atomic E-state index is 0.0971. The first-order valence-electron chi connectivity index (χ1n) is 7.14. The summed E-state index contributed by atoms with van der Waals surface area (Å²) in [5.41, 5.74) is 4.34. The van der Waals surface area contributed by atoms with Gasteiger partial charge in [-0.25, -0.2) is 0 Å². The van der Waals surface area contributed by atoms with Crippen molar-refractivity contribution < 1.29 is 4.79 Å². The monoisotopic (exact) mass is 255 g/mol. The summed E-state index contributed by atoms with van der Waals surface area (Å²) in [5.74, 6) is 0.0971. The number of amides is 1. The van der Waals surface area contributed by atoms with Gasteiger partial charge in [-0.3, -0.25) is 4.79 Å². The number of nitrogens with zero attached hydrogens (tertiary/aromatic N) is 1. The molecule has 2 nitrogen and oxygen atoms in total. The van der Waals surface area contributed by atoms with Crippen molar-refractivity contribution in [1.82, 2.24) is 4.90 Å². The number of rotatable bonds is 1. The molecule has 0 aliphatic heterocycles. The van der Waals surface area contributed by atoms with Gasteiger partial charge in [0.15, 0.2) is 0 Å². The Labute approximate surface area is 115 Å². The summed E-state index contributed by atoms with van der Waals surface area (Å²) in [6.45, 7) is 0. The molecule has 19 heavy (non-hydrogen) atoms. The third kappa shape index (κ3) is 1.99. The third-order valence-corrected chi connectivity index (χ3v) is 4.67. The minimum absolute atomic E-state index is 0.0971. The topological polar surface area (TPSA) is 20.3 Å². The van der Waals surface area contributed by atoms with Crippen LogP contribution in [0.5, 0.6) is 0 Å². The normalized spacial score (nSPS) is 21.9. The Morgan fingerprint density at radius 3 is 2.58 bits per heavy atom. The number of hydrogen-bond donors (Lipinski definition) is 0. The fraction of sp³-hybridized carbons (Fsp3) is 0.471. The van der Waals surface area contributed by atoms with Crippen molar-refractivity contribution in [1.29, 1.82) is 0 Å². The average molecular weight is 255 g/mol. The van der Waals surface area contributed by atoms with Crippen molar-refractivity contribution in [3.63, 3.8) is 0 Å². The predicted octanol–water partition coefficient (Wildman–Crippen LogP) is 3.37. The maximum atomic E-state index is 12.0. The number of carbonyl (C=O) groups is 1.